The quantitative estimate of drug-likeness (QED) is 0.573. The number of hydrogen-bond donors (Lipinski definition) is 2. The molecule has 58 valence electrons. The summed E-state index contributed by atoms with van der Waals surface area (Å²) in [7, 11) is 0. The van der Waals surface area contributed by atoms with Crippen LogP contribution in [-0.2, 0) is 4.79 Å². The van der Waals surface area contributed by atoms with E-state index < -0.39 is 11.5 Å². The maximum Gasteiger partial charge on any atom is 0.305 e. The Morgan fingerprint density at radius 1 is 1.80 bits per heavy atom. The van der Waals surface area contributed by atoms with E-state index in [1.165, 1.54) is 0 Å². The standard InChI is InChI=1S/C7H13NO2/c1-5(2)7(3,8)4-6(9)10/h1,4,8H2,2-3H3,(H,9,10)/t7-/m0/s1. The third-order valence-electron chi connectivity index (χ3n) is 1.49. The Labute approximate surface area is 60.5 Å². The Balaban J connectivity index is 4.13. The van der Waals surface area contributed by atoms with Crippen molar-refractivity contribution in [1.82, 2.24) is 0 Å². The van der Waals surface area contributed by atoms with Gasteiger partial charge in [0.1, 0.15) is 0 Å². The van der Waals surface area contributed by atoms with E-state index in [9.17, 15) is 4.79 Å². The van der Waals surface area contributed by atoms with Crippen LogP contribution in [0.15, 0.2) is 12.2 Å². The van der Waals surface area contributed by atoms with Gasteiger partial charge in [-0.3, -0.25) is 4.79 Å². The molecular weight excluding hydrogens is 130 g/mol. The lowest BCUT2D eigenvalue weighted by molar-refractivity contribution is -0.137. The van der Waals surface area contributed by atoms with Crippen LogP contribution in [0.5, 0.6) is 0 Å². The average Bonchev–Trinajstić information content (AvgIpc) is 1.60. The predicted octanol–water partition coefficient (Wildman–Crippen LogP) is 0.755. The van der Waals surface area contributed by atoms with Crippen molar-refractivity contribution in [3.05, 3.63) is 12.2 Å². The lowest BCUT2D eigenvalue weighted by atomic mass is 9.92. The van der Waals surface area contributed by atoms with E-state index in [0.717, 1.165) is 0 Å². The summed E-state index contributed by atoms with van der Waals surface area (Å²) in [5, 5.41) is 8.38. The highest BCUT2D eigenvalue weighted by atomic mass is 16.4. The SMILES string of the molecule is C=C(C)[C@@](C)(N)CC(=O)O. The van der Waals surface area contributed by atoms with Gasteiger partial charge in [0, 0.05) is 5.54 Å². The zero-order valence-corrected chi connectivity index (χ0v) is 6.35. The Bertz CT molecular complexity index is 161. The molecule has 0 unspecified atom stereocenters. The molecule has 0 aliphatic carbocycles. The molecule has 0 spiro atoms. The summed E-state index contributed by atoms with van der Waals surface area (Å²) < 4.78 is 0. The van der Waals surface area contributed by atoms with Crippen molar-refractivity contribution in [3.8, 4) is 0 Å². The zero-order valence-electron chi connectivity index (χ0n) is 6.35. The molecule has 0 saturated carbocycles. The average molecular weight is 143 g/mol. The summed E-state index contributed by atoms with van der Waals surface area (Å²) >= 11 is 0. The van der Waals surface area contributed by atoms with Crippen molar-refractivity contribution in [2.75, 3.05) is 0 Å². The fraction of sp³-hybridized carbons (Fsp3) is 0.571. The van der Waals surface area contributed by atoms with Crippen molar-refractivity contribution in [2.24, 2.45) is 5.73 Å². The van der Waals surface area contributed by atoms with Gasteiger partial charge in [0.15, 0.2) is 0 Å². The van der Waals surface area contributed by atoms with Crippen LogP contribution in [0.1, 0.15) is 20.3 Å². The number of rotatable bonds is 3. The van der Waals surface area contributed by atoms with E-state index in [0.29, 0.717) is 5.57 Å². The number of nitrogens with two attached hydrogens (primary N) is 1. The van der Waals surface area contributed by atoms with Gasteiger partial charge in [-0.1, -0.05) is 12.2 Å². The fourth-order valence-electron chi connectivity index (χ4n) is 0.465. The molecule has 0 rings (SSSR count). The molecule has 10 heavy (non-hydrogen) atoms. The van der Waals surface area contributed by atoms with E-state index in [1.807, 2.05) is 0 Å². The van der Waals surface area contributed by atoms with E-state index >= 15 is 0 Å². The second kappa shape index (κ2) is 2.84. The molecule has 0 aromatic carbocycles. The van der Waals surface area contributed by atoms with E-state index in [1.54, 1.807) is 13.8 Å². The molecule has 0 amide bonds. The Morgan fingerprint density at radius 2 is 2.20 bits per heavy atom. The molecule has 0 bridgehead atoms. The summed E-state index contributed by atoms with van der Waals surface area (Å²) in [5.74, 6) is -0.895. The highest BCUT2D eigenvalue weighted by Crippen LogP contribution is 2.14. The van der Waals surface area contributed by atoms with Crippen LogP contribution in [0.2, 0.25) is 0 Å². The van der Waals surface area contributed by atoms with Gasteiger partial charge in [0.25, 0.3) is 0 Å². The summed E-state index contributed by atoms with van der Waals surface area (Å²) in [4.78, 5) is 10.2. The van der Waals surface area contributed by atoms with E-state index in [4.69, 9.17) is 10.8 Å². The normalized spacial score (nSPS) is 15.9. The summed E-state index contributed by atoms with van der Waals surface area (Å²) in [6, 6.07) is 0. The Morgan fingerprint density at radius 3 is 2.30 bits per heavy atom. The van der Waals surface area contributed by atoms with Crippen molar-refractivity contribution >= 4 is 5.97 Å². The van der Waals surface area contributed by atoms with Crippen LogP contribution in [0, 0.1) is 0 Å². The zero-order chi connectivity index (χ0) is 8.36. The minimum absolute atomic E-state index is 0.0671. The summed E-state index contributed by atoms with van der Waals surface area (Å²) in [5.41, 5.74) is 5.50. The van der Waals surface area contributed by atoms with Crippen molar-refractivity contribution < 1.29 is 9.90 Å². The molecule has 0 fully saturated rings. The predicted molar refractivity (Wildman–Crippen MR) is 39.7 cm³/mol. The van der Waals surface area contributed by atoms with Crippen molar-refractivity contribution in [3.63, 3.8) is 0 Å². The number of hydrogen-bond acceptors (Lipinski definition) is 2. The number of carboxylic acids is 1. The van der Waals surface area contributed by atoms with Gasteiger partial charge in [-0.05, 0) is 13.8 Å². The minimum atomic E-state index is -0.895. The highest BCUT2D eigenvalue weighted by Gasteiger charge is 2.22. The van der Waals surface area contributed by atoms with Crippen LogP contribution in [-0.4, -0.2) is 16.6 Å². The van der Waals surface area contributed by atoms with Gasteiger partial charge < -0.3 is 10.8 Å². The van der Waals surface area contributed by atoms with Crippen molar-refractivity contribution in [1.29, 1.82) is 0 Å². The third-order valence-corrected chi connectivity index (χ3v) is 1.49. The van der Waals surface area contributed by atoms with Crippen LogP contribution in [0.4, 0.5) is 0 Å². The number of carboxylic acid groups (broad SMARTS) is 1. The van der Waals surface area contributed by atoms with Gasteiger partial charge in [0.2, 0.25) is 0 Å². The maximum atomic E-state index is 10.2. The summed E-state index contributed by atoms with van der Waals surface area (Å²) in [6.45, 7) is 6.97. The monoisotopic (exact) mass is 143 g/mol. The van der Waals surface area contributed by atoms with Crippen LogP contribution in [0.3, 0.4) is 0 Å². The van der Waals surface area contributed by atoms with Gasteiger partial charge in [-0.15, -0.1) is 0 Å². The second-order valence-electron chi connectivity index (χ2n) is 2.77. The lowest BCUT2D eigenvalue weighted by Gasteiger charge is -2.22. The molecule has 0 aliphatic rings. The third kappa shape index (κ3) is 2.64. The van der Waals surface area contributed by atoms with Gasteiger partial charge >= 0.3 is 5.97 Å². The topological polar surface area (TPSA) is 63.3 Å². The molecule has 3 N–H and O–H groups in total. The van der Waals surface area contributed by atoms with Gasteiger partial charge in [0.05, 0.1) is 6.42 Å². The van der Waals surface area contributed by atoms with Crippen LogP contribution >= 0.6 is 0 Å². The molecule has 0 saturated heterocycles. The van der Waals surface area contributed by atoms with Crippen LogP contribution in [0.25, 0.3) is 0 Å². The molecular formula is C7H13NO2. The van der Waals surface area contributed by atoms with Gasteiger partial charge in [-0.2, -0.15) is 0 Å². The summed E-state index contributed by atoms with van der Waals surface area (Å²) in [6.07, 6.45) is -0.0671. The minimum Gasteiger partial charge on any atom is -0.481 e. The first kappa shape index (κ1) is 9.17. The first-order valence-electron chi connectivity index (χ1n) is 3.03. The molecule has 0 aromatic rings. The largest absolute Gasteiger partial charge is 0.481 e. The smallest absolute Gasteiger partial charge is 0.305 e. The Hall–Kier alpha value is -0.830. The molecule has 0 aromatic heterocycles. The van der Waals surface area contributed by atoms with Crippen molar-refractivity contribution in [2.45, 2.75) is 25.8 Å². The first-order chi connectivity index (χ1) is 4.36. The number of carbonyl (C=O) groups is 1. The van der Waals surface area contributed by atoms with Gasteiger partial charge in [-0.25, -0.2) is 0 Å². The first-order valence-corrected chi connectivity index (χ1v) is 3.03. The van der Waals surface area contributed by atoms with E-state index in [2.05, 4.69) is 6.58 Å². The lowest BCUT2D eigenvalue weighted by Crippen LogP contribution is -2.39. The molecule has 3 heteroatoms. The molecule has 0 radical (unpaired) electrons. The van der Waals surface area contributed by atoms with Crippen LogP contribution < -0.4 is 5.73 Å². The molecule has 0 aliphatic heterocycles. The second-order valence-corrected chi connectivity index (χ2v) is 2.77. The maximum absolute atomic E-state index is 10.2. The fourth-order valence-corrected chi connectivity index (χ4v) is 0.465. The highest BCUT2D eigenvalue weighted by molar-refractivity contribution is 5.69. The van der Waals surface area contributed by atoms with E-state index in [-0.39, 0.29) is 6.42 Å². The molecule has 1 atom stereocenters. The number of aliphatic carboxylic acids is 1. The molecule has 3 nitrogen and oxygen atoms in total. The Kier molecular flexibility index (Phi) is 2.60. The molecule has 0 heterocycles.